The van der Waals surface area contributed by atoms with Crippen LogP contribution in [0.1, 0.15) is 0 Å². The largest absolute Gasteiger partial charge is 0.386 e. The van der Waals surface area contributed by atoms with E-state index in [1.165, 1.54) is 0 Å². The number of anilines is 2. The maximum absolute atomic E-state index is 5.75. The molecule has 5 nitrogen and oxygen atoms in total. The van der Waals surface area contributed by atoms with Gasteiger partial charge in [-0.3, -0.25) is 0 Å². The second kappa shape index (κ2) is 3.10. The SMILES string of the molecule is CNc1cccc2c1nc(N)n2NC. The number of nitrogen functional groups attached to an aromatic ring is 1. The van der Waals surface area contributed by atoms with E-state index in [2.05, 4.69) is 15.7 Å². The molecule has 0 radical (unpaired) electrons. The van der Waals surface area contributed by atoms with E-state index < -0.39 is 0 Å². The third-order valence-electron chi connectivity index (χ3n) is 2.20. The molecule has 74 valence electrons. The zero-order valence-corrected chi connectivity index (χ0v) is 8.20. The van der Waals surface area contributed by atoms with Gasteiger partial charge in [-0.25, -0.2) is 9.66 Å². The van der Waals surface area contributed by atoms with Crippen LogP contribution >= 0.6 is 0 Å². The first-order valence-corrected chi connectivity index (χ1v) is 4.40. The molecule has 14 heavy (non-hydrogen) atoms. The van der Waals surface area contributed by atoms with Gasteiger partial charge in [0, 0.05) is 14.1 Å². The fraction of sp³-hybridized carbons (Fsp3) is 0.222. The first-order valence-electron chi connectivity index (χ1n) is 4.40. The lowest BCUT2D eigenvalue weighted by atomic mass is 10.3. The van der Waals surface area contributed by atoms with Gasteiger partial charge in [-0.2, -0.15) is 0 Å². The zero-order valence-electron chi connectivity index (χ0n) is 8.20. The highest BCUT2D eigenvalue weighted by Gasteiger charge is 2.08. The van der Waals surface area contributed by atoms with E-state index in [-0.39, 0.29) is 0 Å². The second-order valence-electron chi connectivity index (χ2n) is 2.95. The molecule has 0 aliphatic carbocycles. The van der Waals surface area contributed by atoms with Crippen molar-refractivity contribution in [3.63, 3.8) is 0 Å². The van der Waals surface area contributed by atoms with E-state index in [1.54, 1.807) is 4.68 Å². The molecule has 0 spiro atoms. The van der Waals surface area contributed by atoms with E-state index in [9.17, 15) is 0 Å². The third-order valence-corrected chi connectivity index (χ3v) is 2.20. The van der Waals surface area contributed by atoms with Crippen molar-refractivity contribution in [3.05, 3.63) is 18.2 Å². The van der Waals surface area contributed by atoms with Gasteiger partial charge in [-0.1, -0.05) is 6.07 Å². The highest BCUT2D eigenvalue weighted by molar-refractivity contribution is 5.90. The van der Waals surface area contributed by atoms with Crippen molar-refractivity contribution in [1.82, 2.24) is 9.66 Å². The lowest BCUT2D eigenvalue weighted by molar-refractivity contribution is 0.972. The summed E-state index contributed by atoms with van der Waals surface area (Å²) in [6, 6.07) is 5.90. The predicted octanol–water partition coefficient (Wildman–Crippen LogP) is 0.833. The topological polar surface area (TPSA) is 67.9 Å². The number of nitrogens with zero attached hydrogens (tertiary/aromatic N) is 2. The normalized spacial score (nSPS) is 10.4. The van der Waals surface area contributed by atoms with E-state index in [0.717, 1.165) is 16.7 Å². The average molecular weight is 191 g/mol. The second-order valence-corrected chi connectivity index (χ2v) is 2.95. The van der Waals surface area contributed by atoms with Crippen LogP contribution in [0.5, 0.6) is 0 Å². The summed E-state index contributed by atoms with van der Waals surface area (Å²) in [5.74, 6) is 0.463. The summed E-state index contributed by atoms with van der Waals surface area (Å²) in [6.07, 6.45) is 0. The molecule has 5 heteroatoms. The van der Waals surface area contributed by atoms with Crippen LogP contribution in [-0.2, 0) is 0 Å². The van der Waals surface area contributed by atoms with E-state index in [4.69, 9.17) is 5.73 Å². The zero-order chi connectivity index (χ0) is 10.1. The van der Waals surface area contributed by atoms with Crippen LogP contribution in [0.4, 0.5) is 11.6 Å². The summed E-state index contributed by atoms with van der Waals surface area (Å²) in [5, 5.41) is 3.08. The van der Waals surface area contributed by atoms with Crippen LogP contribution in [0.3, 0.4) is 0 Å². The molecule has 4 N–H and O–H groups in total. The molecule has 0 atom stereocenters. The number of rotatable bonds is 2. The minimum absolute atomic E-state index is 0.463. The van der Waals surface area contributed by atoms with Gasteiger partial charge in [0.2, 0.25) is 5.95 Å². The Bertz CT molecular complexity index is 459. The van der Waals surface area contributed by atoms with Crippen LogP contribution in [0.2, 0.25) is 0 Å². The molecule has 0 amide bonds. The molecule has 2 rings (SSSR count). The first kappa shape index (κ1) is 8.68. The lowest BCUT2D eigenvalue weighted by Gasteiger charge is -2.04. The Morgan fingerprint density at radius 1 is 1.36 bits per heavy atom. The standard InChI is InChI=1S/C9H13N5/c1-11-6-4-3-5-7-8(6)13-9(10)14(7)12-2/h3-5,11-12H,1-2H3,(H2,10,13). The van der Waals surface area contributed by atoms with Gasteiger partial charge < -0.3 is 16.5 Å². The molecule has 0 bridgehead atoms. The molecule has 0 aliphatic rings. The van der Waals surface area contributed by atoms with Gasteiger partial charge in [-0.15, -0.1) is 0 Å². The van der Waals surface area contributed by atoms with Crippen LogP contribution in [0.15, 0.2) is 18.2 Å². The van der Waals surface area contributed by atoms with Gasteiger partial charge >= 0.3 is 0 Å². The monoisotopic (exact) mass is 191 g/mol. The summed E-state index contributed by atoms with van der Waals surface area (Å²) < 4.78 is 1.75. The molecule has 1 aromatic carbocycles. The third kappa shape index (κ3) is 1.06. The summed E-state index contributed by atoms with van der Waals surface area (Å²) in [5.41, 5.74) is 11.5. The Morgan fingerprint density at radius 3 is 2.79 bits per heavy atom. The van der Waals surface area contributed by atoms with Crippen molar-refractivity contribution in [1.29, 1.82) is 0 Å². The summed E-state index contributed by atoms with van der Waals surface area (Å²) in [7, 11) is 3.67. The first-order chi connectivity index (χ1) is 6.77. The number of imidazole rings is 1. The summed E-state index contributed by atoms with van der Waals surface area (Å²) in [6.45, 7) is 0. The molecule has 1 heterocycles. The molecule has 0 saturated carbocycles. The molecule has 2 aromatic rings. The minimum atomic E-state index is 0.463. The van der Waals surface area contributed by atoms with Crippen molar-refractivity contribution < 1.29 is 0 Å². The predicted molar refractivity (Wildman–Crippen MR) is 59.0 cm³/mol. The van der Waals surface area contributed by atoms with Crippen molar-refractivity contribution >= 4 is 22.7 Å². The quantitative estimate of drug-likeness (QED) is 0.657. The molecule has 0 fully saturated rings. The lowest BCUT2D eigenvalue weighted by Crippen LogP contribution is -2.11. The Hall–Kier alpha value is -1.91. The molecule has 0 saturated heterocycles. The number of hydrogen-bond donors (Lipinski definition) is 3. The number of para-hydroxylation sites is 1. The van der Waals surface area contributed by atoms with Gasteiger partial charge in [-0.05, 0) is 12.1 Å². The molecular formula is C9H13N5. The van der Waals surface area contributed by atoms with Crippen molar-refractivity contribution in [2.24, 2.45) is 0 Å². The van der Waals surface area contributed by atoms with Crippen LogP contribution < -0.4 is 16.5 Å². The van der Waals surface area contributed by atoms with Gasteiger partial charge in [0.15, 0.2) is 0 Å². The maximum Gasteiger partial charge on any atom is 0.220 e. The highest BCUT2D eigenvalue weighted by atomic mass is 15.4. The Balaban J connectivity index is 2.79. The van der Waals surface area contributed by atoms with Crippen LogP contribution in [0, 0.1) is 0 Å². The fourth-order valence-corrected chi connectivity index (χ4v) is 1.55. The number of nitrogens with one attached hydrogen (secondary N) is 2. The van der Waals surface area contributed by atoms with Crippen molar-refractivity contribution in [2.45, 2.75) is 0 Å². The van der Waals surface area contributed by atoms with Crippen molar-refractivity contribution in [2.75, 3.05) is 30.6 Å². The maximum atomic E-state index is 5.75. The molecule has 0 aliphatic heterocycles. The Morgan fingerprint density at radius 2 is 2.14 bits per heavy atom. The smallest absolute Gasteiger partial charge is 0.220 e. The van der Waals surface area contributed by atoms with Crippen LogP contribution in [-0.4, -0.2) is 23.8 Å². The van der Waals surface area contributed by atoms with Gasteiger partial charge in [0.25, 0.3) is 0 Å². The Kier molecular flexibility index (Phi) is 1.92. The van der Waals surface area contributed by atoms with Gasteiger partial charge in [0.1, 0.15) is 5.52 Å². The van der Waals surface area contributed by atoms with E-state index >= 15 is 0 Å². The van der Waals surface area contributed by atoms with E-state index in [0.29, 0.717) is 5.95 Å². The number of nitrogens with two attached hydrogens (primary N) is 1. The fourth-order valence-electron chi connectivity index (χ4n) is 1.55. The van der Waals surface area contributed by atoms with Crippen molar-refractivity contribution in [3.8, 4) is 0 Å². The summed E-state index contributed by atoms with van der Waals surface area (Å²) >= 11 is 0. The molecule has 1 aromatic heterocycles. The average Bonchev–Trinajstić information content (AvgIpc) is 2.52. The number of aromatic nitrogens is 2. The number of fused-ring (bicyclic) bond motifs is 1. The summed E-state index contributed by atoms with van der Waals surface area (Å²) in [4.78, 5) is 4.27. The number of hydrogen-bond acceptors (Lipinski definition) is 4. The van der Waals surface area contributed by atoms with E-state index in [1.807, 2.05) is 32.3 Å². The number of benzene rings is 1. The molecule has 0 unspecified atom stereocenters. The molecular weight excluding hydrogens is 178 g/mol. The minimum Gasteiger partial charge on any atom is -0.386 e. The highest BCUT2D eigenvalue weighted by Crippen LogP contribution is 2.23. The van der Waals surface area contributed by atoms with Crippen LogP contribution in [0.25, 0.3) is 11.0 Å². The Labute approximate surface area is 81.9 Å². The van der Waals surface area contributed by atoms with Gasteiger partial charge in [0.05, 0.1) is 11.2 Å².